The van der Waals surface area contributed by atoms with Gasteiger partial charge >= 0.3 is 0 Å². The predicted octanol–water partition coefficient (Wildman–Crippen LogP) is 6.60. The highest BCUT2D eigenvalue weighted by Gasteiger charge is 2.13. The number of benzene rings is 3. The molecule has 0 saturated heterocycles. The average molecular weight is 464 g/mol. The van der Waals surface area contributed by atoms with Crippen molar-refractivity contribution in [3.05, 3.63) is 94.3 Å². The average Bonchev–Trinajstić information content (AvgIpc) is 2.77. The second-order valence-corrected chi connectivity index (χ2v) is 7.74. The van der Waals surface area contributed by atoms with Crippen molar-refractivity contribution in [1.82, 2.24) is 5.32 Å². The van der Waals surface area contributed by atoms with E-state index in [9.17, 15) is 4.39 Å². The summed E-state index contributed by atoms with van der Waals surface area (Å²) in [5.41, 5.74) is 3.23. The lowest BCUT2D eigenvalue weighted by Gasteiger charge is -2.17. The molecule has 3 aromatic carbocycles. The van der Waals surface area contributed by atoms with Gasteiger partial charge in [-0.25, -0.2) is 4.39 Å². The fourth-order valence-electron chi connectivity index (χ4n) is 3.17. The Bertz CT molecular complexity index is 936. The molecule has 0 spiro atoms. The van der Waals surface area contributed by atoms with Crippen LogP contribution in [0.4, 0.5) is 4.39 Å². The summed E-state index contributed by atoms with van der Waals surface area (Å²) < 4.78 is 24.4. The number of hydrogen-bond acceptors (Lipinski definition) is 3. The minimum Gasteiger partial charge on any atom is -0.493 e. The predicted molar refractivity (Wildman–Crippen MR) is 127 cm³/mol. The van der Waals surface area contributed by atoms with Crippen LogP contribution in [-0.4, -0.2) is 13.2 Å². The number of methoxy groups -OCH3 is 1. The Morgan fingerprint density at radius 2 is 1.68 bits per heavy atom. The van der Waals surface area contributed by atoms with Crippen LogP contribution in [0.2, 0.25) is 5.02 Å². The van der Waals surface area contributed by atoms with Crippen molar-refractivity contribution >= 4 is 24.0 Å². The minimum absolute atomic E-state index is 0. The van der Waals surface area contributed by atoms with E-state index in [4.69, 9.17) is 21.1 Å². The molecule has 0 aliphatic heterocycles. The molecule has 3 aromatic rings. The van der Waals surface area contributed by atoms with Gasteiger partial charge in [0, 0.05) is 12.6 Å². The van der Waals surface area contributed by atoms with Crippen LogP contribution in [0.15, 0.2) is 66.7 Å². The normalized spacial score (nSPS) is 11.5. The fourth-order valence-corrected chi connectivity index (χ4v) is 3.46. The lowest BCUT2D eigenvalue weighted by molar-refractivity contribution is 0.284. The number of nitrogens with one attached hydrogen (secondary N) is 1. The molecule has 0 aliphatic rings. The molecule has 0 bridgehead atoms. The summed E-state index contributed by atoms with van der Waals surface area (Å²) in [4.78, 5) is 0. The number of hydrogen-bond donors (Lipinski definition) is 1. The maximum Gasteiger partial charge on any atom is 0.180 e. The molecule has 0 amide bonds. The van der Waals surface area contributed by atoms with Gasteiger partial charge in [-0.05, 0) is 60.7 Å². The third kappa shape index (κ3) is 7.73. The van der Waals surface area contributed by atoms with Crippen LogP contribution in [0.1, 0.15) is 30.0 Å². The maximum atomic E-state index is 13.1. The summed E-state index contributed by atoms with van der Waals surface area (Å²) in [7, 11) is 1.59. The summed E-state index contributed by atoms with van der Waals surface area (Å²) in [6.45, 7) is 3.15. The zero-order valence-corrected chi connectivity index (χ0v) is 19.3. The molecular weight excluding hydrogens is 436 g/mol. The van der Waals surface area contributed by atoms with Crippen molar-refractivity contribution in [2.75, 3.05) is 7.11 Å². The molecule has 1 unspecified atom stereocenters. The molecule has 0 saturated carbocycles. The maximum absolute atomic E-state index is 13.1. The van der Waals surface area contributed by atoms with Gasteiger partial charge in [0.25, 0.3) is 0 Å². The van der Waals surface area contributed by atoms with Crippen LogP contribution < -0.4 is 14.8 Å². The highest BCUT2D eigenvalue weighted by molar-refractivity contribution is 6.32. The lowest BCUT2D eigenvalue weighted by atomic mass is 10.1. The molecule has 0 aliphatic carbocycles. The van der Waals surface area contributed by atoms with Gasteiger partial charge in [0.05, 0.1) is 12.1 Å². The highest BCUT2D eigenvalue weighted by Crippen LogP contribution is 2.37. The summed E-state index contributed by atoms with van der Waals surface area (Å²) in [5, 5.41) is 4.03. The largest absolute Gasteiger partial charge is 0.493 e. The quantitative estimate of drug-likeness (QED) is 0.367. The highest BCUT2D eigenvalue weighted by atomic mass is 35.5. The second kappa shape index (κ2) is 12.6. The van der Waals surface area contributed by atoms with Gasteiger partial charge in [-0.15, -0.1) is 12.4 Å². The van der Waals surface area contributed by atoms with E-state index in [0.717, 1.165) is 24.0 Å². The van der Waals surface area contributed by atoms with E-state index in [1.54, 1.807) is 19.2 Å². The minimum atomic E-state index is -0.274. The summed E-state index contributed by atoms with van der Waals surface area (Å²) in [6, 6.07) is 20.9. The van der Waals surface area contributed by atoms with E-state index in [-0.39, 0.29) is 24.8 Å². The molecular formula is C25H28Cl2FNO2. The van der Waals surface area contributed by atoms with E-state index in [1.165, 1.54) is 17.7 Å². The standard InChI is InChI=1S/C25H27ClFNO2.ClH/c1-18(8-9-19-6-4-3-5-7-19)28-16-21-14-23(26)25(24(15-21)29-2)30-17-20-10-12-22(27)13-11-20;/h3-7,10-15,18,28H,8-9,16-17H2,1-2H3;1H. The summed E-state index contributed by atoms with van der Waals surface area (Å²) in [5.74, 6) is 0.798. The van der Waals surface area contributed by atoms with Gasteiger partial charge in [0.15, 0.2) is 11.5 Å². The number of aryl methyl sites for hydroxylation is 1. The first-order valence-electron chi connectivity index (χ1n) is 10.1. The molecule has 0 fully saturated rings. The summed E-state index contributed by atoms with van der Waals surface area (Å²) >= 11 is 6.47. The Morgan fingerprint density at radius 1 is 0.968 bits per heavy atom. The Labute approximate surface area is 194 Å². The first kappa shape index (κ1) is 25.0. The first-order chi connectivity index (χ1) is 14.5. The smallest absolute Gasteiger partial charge is 0.180 e. The van der Waals surface area contributed by atoms with Crippen LogP contribution in [-0.2, 0) is 19.6 Å². The molecule has 31 heavy (non-hydrogen) atoms. The van der Waals surface area contributed by atoms with Gasteiger partial charge < -0.3 is 14.8 Å². The third-order valence-electron chi connectivity index (χ3n) is 4.95. The summed E-state index contributed by atoms with van der Waals surface area (Å²) in [6.07, 6.45) is 2.09. The van der Waals surface area contributed by atoms with Crippen LogP contribution >= 0.6 is 24.0 Å². The molecule has 0 radical (unpaired) electrons. The Balaban J connectivity index is 0.00000341. The van der Waals surface area contributed by atoms with E-state index in [1.807, 2.05) is 18.2 Å². The van der Waals surface area contributed by atoms with Crippen molar-refractivity contribution < 1.29 is 13.9 Å². The molecule has 0 aromatic heterocycles. The fraction of sp³-hybridized carbons (Fsp3) is 0.280. The number of halogens is 3. The molecule has 3 rings (SSSR count). The van der Waals surface area contributed by atoms with Crippen LogP contribution in [0.3, 0.4) is 0 Å². The molecule has 1 N–H and O–H groups in total. The van der Waals surface area contributed by atoms with Gasteiger partial charge in [-0.3, -0.25) is 0 Å². The van der Waals surface area contributed by atoms with Gasteiger partial charge in [0.2, 0.25) is 0 Å². The Hall–Kier alpha value is -2.27. The molecule has 3 nitrogen and oxygen atoms in total. The van der Waals surface area contributed by atoms with E-state index < -0.39 is 0 Å². The van der Waals surface area contributed by atoms with Crippen molar-refractivity contribution in [3.8, 4) is 11.5 Å². The van der Waals surface area contributed by atoms with Crippen molar-refractivity contribution in [1.29, 1.82) is 0 Å². The Morgan fingerprint density at radius 3 is 2.35 bits per heavy atom. The van der Waals surface area contributed by atoms with Crippen molar-refractivity contribution in [3.63, 3.8) is 0 Å². The molecule has 0 heterocycles. The van der Waals surface area contributed by atoms with Crippen LogP contribution in [0, 0.1) is 5.82 Å². The third-order valence-corrected chi connectivity index (χ3v) is 5.23. The molecule has 166 valence electrons. The van der Waals surface area contributed by atoms with Gasteiger partial charge in [0.1, 0.15) is 12.4 Å². The van der Waals surface area contributed by atoms with Gasteiger partial charge in [-0.2, -0.15) is 0 Å². The zero-order valence-electron chi connectivity index (χ0n) is 17.7. The van der Waals surface area contributed by atoms with Crippen molar-refractivity contribution in [2.45, 2.75) is 39.0 Å². The van der Waals surface area contributed by atoms with E-state index >= 15 is 0 Å². The van der Waals surface area contributed by atoms with Gasteiger partial charge in [-0.1, -0.05) is 54.1 Å². The zero-order chi connectivity index (χ0) is 21.3. The van der Waals surface area contributed by atoms with Crippen LogP contribution in [0.5, 0.6) is 11.5 Å². The SMILES string of the molecule is COc1cc(CNC(C)CCc2ccccc2)cc(Cl)c1OCc1ccc(F)cc1.Cl. The molecule has 1 atom stereocenters. The first-order valence-corrected chi connectivity index (χ1v) is 10.4. The second-order valence-electron chi connectivity index (χ2n) is 7.33. The van der Waals surface area contributed by atoms with E-state index in [0.29, 0.717) is 29.1 Å². The topological polar surface area (TPSA) is 30.5 Å². The van der Waals surface area contributed by atoms with Crippen LogP contribution in [0.25, 0.3) is 0 Å². The Kier molecular flexibility index (Phi) is 10.1. The number of ether oxygens (including phenoxy) is 2. The van der Waals surface area contributed by atoms with E-state index in [2.05, 4.69) is 36.5 Å². The monoisotopic (exact) mass is 463 g/mol. The molecule has 6 heteroatoms. The number of rotatable bonds is 10. The lowest BCUT2D eigenvalue weighted by Crippen LogP contribution is -2.26. The van der Waals surface area contributed by atoms with Crippen molar-refractivity contribution in [2.24, 2.45) is 0 Å².